The van der Waals surface area contributed by atoms with E-state index in [0.29, 0.717) is 0 Å². The molecule has 1 fully saturated rings. The van der Waals surface area contributed by atoms with Gasteiger partial charge in [-0.05, 0) is 16.2 Å². The van der Waals surface area contributed by atoms with Gasteiger partial charge in [-0.2, -0.15) is 0 Å². The predicted octanol–water partition coefficient (Wildman–Crippen LogP) is 1.91. The molecule has 1 rings (SSSR count). The van der Waals surface area contributed by atoms with Crippen LogP contribution in [0.25, 0.3) is 0 Å². The van der Waals surface area contributed by atoms with E-state index in [-0.39, 0.29) is 28.2 Å². The first-order valence-electron chi connectivity index (χ1n) is 5.98. The Morgan fingerprint density at radius 2 is 1.56 bits per heavy atom. The molecule has 3 nitrogen and oxygen atoms in total. The van der Waals surface area contributed by atoms with Gasteiger partial charge in [0.25, 0.3) is 0 Å². The molecule has 3 heteroatoms. The van der Waals surface area contributed by atoms with Crippen LogP contribution >= 0.6 is 0 Å². The molecule has 1 saturated carbocycles. The summed E-state index contributed by atoms with van der Waals surface area (Å²) in [5.41, 5.74) is 6.08. The van der Waals surface area contributed by atoms with Gasteiger partial charge in [-0.1, -0.05) is 48.5 Å². The third kappa shape index (κ3) is 1.97. The lowest BCUT2D eigenvalue weighted by Gasteiger charge is -2.26. The summed E-state index contributed by atoms with van der Waals surface area (Å²) in [6, 6.07) is -0.208. The molecular formula is C13H26N2O. The van der Waals surface area contributed by atoms with Crippen molar-refractivity contribution in [2.75, 3.05) is 0 Å². The van der Waals surface area contributed by atoms with E-state index >= 15 is 0 Å². The highest BCUT2D eigenvalue weighted by Gasteiger charge is 2.65. The molecule has 0 spiro atoms. The number of nitrogens with one attached hydrogen (secondary N) is 1. The van der Waals surface area contributed by atoms with Gasteiger partial charge in [-0.3, -0.25) is 4.79 Å². The van der Waals surface area contributed by atoms with Gasteiger partial charge >= 0.3 is 0 Å². The van der Waals surface area contributed by atoms with Gasteiger partial charge in [0.15, 0.2) is 0 Å². The zero-order valence-electron chi connectivity index (χ0n) is 11.6. The summed E-state index contributed by atoms with van der Waals surface area (Å²) >= 11 is 0. The number of hydrogen-bond acceptors (Lipinski definition) is 2. The lowest BCUT2D eigenvalue weighted by molar-refractivity contribution is -0.124. The summed E-state index contributed by atoms with van der Waals surface area (Å²) < 4.78 is 0. The maximum Gasteiger partial charge on any atom is 0.237 e. The zero-order valence-corrected chi connectivity index (χ0v) is 11.6. The minimum absolute atomic E-state index is 0.0313. The van der Waals surface area contributed by atoms with E-state index in [2.05, 4.69) is 33.0 Å². The second kappa shape index (κ2) is 3.46. The maximum absolute atomic E-state index is 12.0. The van der Waals surface area contributed by atoms with Gasteiger partial charge in [0, 0.05) is 6.04 Å². The molecule has 1 amide bonds. The van der Waals surface area contributed by atoms with Crippen molar-refractivity contribution in [2.24, 2.45) is 22.0 Å². The summed E-state index contributed by atoms with van der Waals surface area (Å²) in [4.78, 5) is 12.0. The molecule has 0 bridgehead atoms. The van der Waals surface area contributed by atoms with E-state index in [0.717, 1.165) is 0 Å². The summed E-state index contributed by atoms with van der Waals surface area (Å²) in [5, 5.41) is 3.08. The molecule has 0 aromatic heterocycles. The number of nitrogens with two attached hydrogens (primary N) is 1. The SMILES string of the molecule is CC(C)(C)[C@H](N)C(=O)NC1C(C)(C)C1(C)C. The smallest absolute Gasteiger partial charge is 0.237 e. The normalized spacial score (nSPS) is 25.0. The topological polar surface area (TPSA) is 55.1 Å². The number of hydrogen-bond donors (Lipinski definition) is 2. The van der Waals surface area contributed by atoms with Crippen molar-refractivity contribution >= 4 is 5.91 Å². The molecule has 0 aromatic rings. The van der Waals surface area contributed by atoms with Crippen molar-refractivity contribution < 1.29 is 4.79 Å². The Morgan fingerprint density at radius 3 is 1.81 bits per heavy atom. The molecule has 3 N–H and O–H groups in total. The first-order chi connectivity index (χ1) is 6.92. The fourth-order valence-electron chi connectivity index (χ4n) is 2.18. The lowest BCUT2D eigenvalue weighted by atomic mass is 9.87. The van der Waals surface area contributed by atoms with Crippen LogP contribution in [-0.2, 0) is 4.79 Å². The second-order valence-electron chi connectivity index (χ2n) is 7.23. The maximum atomic E-state index is 12.0. The number of rotatable bonds is 2. The van der Waals surface area contributed by atoms with Gasteiger partial charge in [0.05, 0.1) is 6.04 Å². The Morgan fingerprint density at radius 1 is 1.19 bits per heavy atom. The van der Waals surface area contributed by atoms with E-state index in [1.54, 1.807) is 0 Å². The minimum atomic E-state index is -0.445. The average molecular weight is 226 g/mol. The number of carbonyl (C=O) groups is 1. The van der Waals surface area contributed by atoms with Crippen molar-refractivity contribution in [3.05, 3.63) is 0 Å². The molecule has 0 heterocycles. The Labute approximate surface area is 99.2 Å². The van der Waals surface area contributed by atoms with E-state index < -0.39 is 6.04 Å². The lowest BCUT2D eigenvalue weighted by Crippen LogP contribution is -2.50. The van der Waals surface area contributed by atoms with E-state index in [9.17, 15) is 4.79 Å². The van der Waals surface area contributed by atoms with Gasteiger partial charge < -0.3 is 11.1 Å². The number of carbonyl (C=O) groups excluding carboxylic acids is 1. The predicted molar refractivity (Wildman–Crippen MR) is 66.9 cm³/mol. The third-order valence-corrected chi connectivity index (χ3v) is 4.52. The van der Waals surface area contributed by atoms with Gasteiger partial charge in [0.2, 0.25) is 5.91 Å². The fraction of sp³-hybridized carbons (Fsp3) is 0.923. The molecule has 1 atom stereocenters. The fourth-order valence-corrected chi connectivity index (χ4v) is 2.18. The Kier molecular flexibility index (Phi) is 2.92. The summed E-state index contributed by atoms with van der Waals surface area (Å²) in [5.74, 6) is -0.0313. The monoisotopic (exact) mass is 226 g/mol. The Hall–Kier alpha value is -0.570. The van der Waals surface area contributed by atoms with Crippen molar-refractivity contribution in [1.29, 1.82) is 0 Å². The molecular weight excluding hydrogens is 200 g/mol. The summed E-state index contributed by atoms with van der Waals surface area (Å²) in [6.45, 7) is 14.7. The van der Waals surface area contributed by atoms with Crippen LogP contribution in [0.15, 0.2) is 0 Å². The van der Waals surface area contributed by atoms with Crippen molar-refractivity contribution in [2.45, 2.75) is 60.5 Å². The Balaban J connectivity index is 2.62. The van der Waals surface area contributed by atoms with Crippen LogP contribution in [-0.4, -0.2) is 18.0 Å². The zero-order chi connectivity index (χ0) is 12.9. The number of amides is 1. The van der Waals surface area contributed by atoms with Crippen molar-refractivity contribution in [3.63, 3.8) is 0 Å². The molecule has 1 aliphatic carbocycles. The second-order valence-corrected chi connectivity index (χ2v) is 7.23. The molecule has 0 saturated heterocycles. The summed E-state index contributed by atoms with van der Waals surface area (Å²) in [6.07, 6.45) is 0. The third-order valence-electron chi connectivity index (χ3n) is 4.52. The van der Waals surface area contributed by atoms with Crippen LogP contribution in [0.1, 0.15) is 48.5 Å². The molecule has 0 radical (unpaired) electrons. The van der Waals surface area contributed by atoms with Crippen LogP contribution in [0.3, 0.4) is 0 Å². The van der Waals surface area contributed by atoms with Crippen LogP contribution < -0.4 is 11.1 Å². The van der Waals surface area contributed by atoms with Crippen molar-refractivity contribution in [1.82, 2.24) is 5.32 Å². The highest BCUT2D eigenvalue weighted by atomic mass is 16.2. The molecule has 1 aliphatic rings. The van der Waals surface area contributed by atoms with Crippen LogP contribution in [0, 0.1) is 16.2 Å². The van der Waals surface area contributed by atoms with E-state index in [1.165, 1.54) is 0 Å². The standard InChI is InChI=1S/C13H26N2O/c1-11(2,3)8(14)9(16)15-10-12(4,5)13(10,6)7/h8,10H,14H2,1-7H3,(H,15,16)/t8-/m1/s1. The van der Waals surface area contributed by atoms with Gasteiger partial charge in [0.1, 0.15) is 0 Å². The van der Waals surface area contributed by atoms with Crippen molar-refractivity contribution in [3.8, 4) is 0 Å². The van der Waals surface area contributed by atoms with Gasteiger partial charge in [-0.25, -0.2) is 0 Å². The molecule has 0 aliphatic heterocycles. The molecule has 16 heavy (non-hydrogen) atoms. The first kappa shape index (κ1) is 13.5. The van der Waals surface area contributed by atoms with Gasteiger partial charge in [-0.15, -0.1) is 0 Å². The van der Waals surface area contributed by atoms with Crippen LogP contribution in [0.5, 0.6) is 0 Å². The van der Waals surface area contributed by atoms with Crippen LogP contribution in [0.4, 0.5) is 0 Å². The van der Waals surface area contributed by atoms with E-state index in [4.69, 9.17) is 5.73 Å². The molecule has 94 valence electrons. The quantitative estimate of drug-likeness (QED) is 0.755. The average Bonchev–Trinajstić information content (AvgIpc) is 2.45. The highest BCUT2D eigenvalue weighted by molar-refractivity contribution is 5.83. The molecule has 0 unspecified atom stereocenters. The molecule has 0 aromatic carbocycles. The minimum Gasteiger partial charge on any atom is -0.351 e. The van der Waals surface area contributed by atoms with Crippen LogP contribution in [0.2, 0.25) is 0 Å². The first-order valence-corrected chi connectivity index (χ1v) is 5.98. The van der Waals surface area contributed by atoms with E-state index in [1.807, 2.05) is 20.8 Å². The Bertz CT molecular complexity index is 286. The highest BCUT2D eigenvalue weighted by Crippen LogP contribution is 2.62. The largest absolute Gasteiger partial charge is 0.351 e. The summed E-state index contributed by atoms with van der Waals surface area (Å²) in [7, 11) is 0.